The number of hydrogen-bond acceptors (Lipinski definition) is 1. The molecule has 0 N–H and O–H groups in total. The third-order valence-corrected chi connectivity index (χ3v) is 1.75. The first-order valence-corrected chi connectivity index (χ1v) is 4.99. The van der Waals surface area contributed by atoms with Crippen molar-refractivity contribution in [3.05, 3.63) is 23.8 Å². The van der Waals surface area contributed by atoms with Gasteiger partial charge in [0.05, 0.1) is 0 Å². The van der Waals surface area contributed by atoms with Crippen molar-refractivity contribution < 1.29 is 4.79 Å². The number of rotatable bonds is 7. The second-order valence-electron chi connectivity index (χ2n) is 3.43. The Balaban J connectivity index is 3.20. The SMILES string of the molecule is CC(C)=CCCCC=CCCC=O. The quantitative estimate of drug-likeness (QED) is 0.332. The predicted molar refractivity (Wildman–Crippen MR) is 57.7 cm³/mol. The van der Waals surface area contributed by atoms with Gasteiger partial charge in [-0.15, -0.1) is 0 Å². The molecular weight excluding hydrogens is 160 g/mol. The Bertz CT molecular complexity index is 174. The summed E-state index contributed by atoms with van der Waals surface area (Å²) < 4.78 is 0. The van der Waals surface area contributed by atoms with E-state index in [-0.39, 0.29) is 0 Å². The molecule has 0 aromatic carbocycles. The van der Waals surface area contributed by atoms with Crippen LogP contribution in [0, 0.1) is 0 Å². The minimum Gasteiger partial charge on any atom is -0.303 e. The monoisotopic (exact) mass is 180 g/mol. The number of allylic oxidation sites excluding steroid dienone is 4. The fourth-order valence-electron chi connectivity index (χ4n) is 1.03. The highest BCUT2D eigenvalue weighted by atomic mass is 16.1. The summed E-state index contributed by atoms with van der Waals surface area (Å²) in [5, 5.41) is 0. The first kappa shape index (κ1) is 12.2. The molecule has 0 aliphatic heterocycles. The first-order chi connectivity index (χ1) is 6.27. The van der Waals surface area contributed by atoms with Gasteiger partial charge in [-0.3, -0.25) is 0 Å². The van der Waals surface area contributed by atoms with Crippen LogP contribution in [0.3, 0.4) is 0 Å². The van der Waals surface area contributed by atoms with Crippen LogP contribution < -0.4 is 0 Å². The van der Waals surface area contributed by atoms with Gasteiger partial charge in [-0.05, 0) is 39.5 Å². The van der Waals surface area contributed by atoms with Gasteiger partial charge in [0.25, 0.3) is 0 Å². The van der Waals surface area contributed by atoms with E-state index in [4.69, 9.17) is 0 Å². The lowest BCUT2D eigenvalue weighted by molar-refractivity contribution is -0.107. The maximum absolute atomic E-state index is 9.97. The van der Waals surface area contributed by atoms with Crippen molar-refractivity contribution in [3.63, 3.8) is 0 Å². The molecule has 13 heavy (non-hydrogen) atoms. The molecule has 0 atom stereocenters. The summed E-state index contributed by atoms with van der Waals surface area (Å²) in [7, 11) is 0. The van der Waals surface area contributed by atoms with E-state index in [9.17, 15) is 4.79 Å². The van der Waals surface area contributed by atoms with Gasteiger partial charge in [0.1, 0.15) is 6.29 Å². The maximum Gasteiger partial charge on any atom is 0.120 e. The smallest absolute Gasteiger partial charge is 0.120 e. The lowest BCUT2D eigenvalue weighted by Gasteiger charge is -1.91. The molecule has 74 valence electrons. The Morgan fingerprint density at radius 2 is 1.69 bits per heavy atom. The molecule has 1 heteroatoms. The third-order valence-electron chi connectivity index (χ3n) is 1.75. The predicted octanol–water partition coefficient (Wildman–Crippen LogP) is 3.66. The molecule has 0 bridgehead atoms. The van der Waals surface area contributed by atoms with Crippen molar-refractivity contribution in [2.75, 3.05) is 0 Å². The first-order valence-electron chi connectivity index (χ1n) is 4.99. The minimum absolute atomic E-state index is 0.657. The Kier molecular flexibility index (Phi) is 8.64. The van der Waals surface area contributed by atoms with E-state index in [0.717, 1.165) is 19.1 Å². The number of hydrogen-bond donors (Lipinski definition) is 0. The fraction of sp³-hybridized carbons (Fsp3) is 0.583. The van der Waals surface area contributed by atoms with Gasteiger partial charge in [-0.2, -0.15) is 0 Å². The normalized spacial score (nSPS) is 10.3. The van der Waals surface area contributed by atoms with E-state index in [1.54, 1.807) is 0 Å². The van der Waals surface area contributed by atoms with Crippen molar-refractivity contribution in [1.29, 1.82) is 0 Å². The zero-order valence-corrected chi connectivity index (χ0v) is 8.75. The van der Waals surface area contributed by atoms with Gasteiger partial charge in [-0.25, -0.2) is 0 Å². The van der Waals surface area contributed by atoms with E-state index in [2.05, 4.69) is 32.1 Å². The standard InChI is InChI=1S/C12H20O/c1-12(2)10-8-6-4-3-5-7-9-11-13/h3,5,10-11H,4,6-9H2,1-2H3. The van der Waals surface area contributed by atoms with Crippen molar-refractivity contribution in [1.82, 2.24) is 0 Å². The molecule has 0 spiro atoms. The number of aldehydes is 1. The highest BCUT2D eigenvalue weighted by Crippen LogP contribution is 2.01. The Morgan fingerprint density at radius 3 is 2.31 bits per heavy atom. The molecule has 1 nitrogen and oxygen atoms in total. The van der Waals surface area contributed by atoms with Crippen LogP contribution in [0.25, 0.3) is 0 Å². The zero-order valence-electron chi connectivity index (χ0n) is 8.75. The van der Waals surface area contributed by atoms with Crippen LogP contribution in [0.15, 0.2) is 23.8 Å². The summed E-state index contributed by atoms with van der Waals surface area (Å²) in [5.74, 6) is 0. The summed E-state index contributed by atoms with van der Waals surface area (Å²) in [4.78, 5) is 9.97. The minimum atomic E-state index is 0.657. The van der Waals surface area contributed by atoms with Gasteiger partial charge in [0, 0.05) is 6.42 Å². The van der Waals surface area contributed by atoms with Crippen molar-refractivity contribution in [3.8, 4) is 0 Å². The summed E-state index contributed by atoms with van der Waals surface area (Å²) in [6.07, 6.45) is 12.6. The average molecular weight is 180 g/mol. The van der Waals surface area contributed by atoms with E-state index in [1.165, 1.54) is 18.4 Å². The van der Waals surface area contributed by atoms with Crippen LogP contribution in [0.4, 0.5) is 0 Å². The number of carbonyl (C=O) groups is 1. The topological polar surface area (TPSA) is 17.1 Å². The molecule has 0 aliphatic carbocycles. The molecule has 0 aromatic heterocycles. The Labute approximate surface area is 81.5 Å². The molecule has 0 fully saturated rings. The number of unbranched alkanes of at least 4 members (excludes halogenated alkanes) is 3. The third kappa shape index (κ3) is 11.1. The molecule has 0 radical (unpaired) electrons. The van der Waals surface area contributed by atoms with Crippen LogP contribution in [0.5, 0.6) is 0 Å². The van der Waals surface area contributed by atoms with Crippen LogP contribution in [0.1, 0.15) is 46.0 Å². The molecule has 0 rings (SSSR count). The summed E-state index contributed by atoms with van der Waals surface area (Å²) in [5.41, 5.74) is 1.39. The molecule has 0 saturated carbocycles. The van der Waals surface area contributed by atoms with E-state index >= 15 is 0 Å². The van der Waals surface area contributed by atoms with E-state index < -0.39 is 0 Å². The van der Waals surface area contributed by atoms with Crippen LogP contribution in [-0.4, -0.2) is 6.29 Å². The van der Waals surface area contributed by atoms with Gasteiger partial charge >= 0.3 is 0 Å². The summed E-state index contributed by atoms with van der Waals surface area (Å²) in [6.45, 7) is 4.25. The lowest BCUT2D eigenvalue weighted by atomic mass is 10.2. The molecular formula is C12H20O. The number of carbonyl (C=O) groups excluding carboxylic acids is 1. The second-order valence-corrected chi connectivity index (χ2v) is 3.43. The average Bonchev–Trinajstić information content (AvgIpc) is 2.09. The van der Waals surface area contributed by atoms with Crippen LogP contribution in [0.2, 0.25) is 0 Å². The van der Waals surface area contributed by atoms with E-state index in [0.29, 0.717) is 6.42 Å². The van der Waals surface area contributed by atoms with Gasteiger partial charge in [0.15, 0.2) is 0 Å². The molecule has 0 saturated heterocycles. The summed E-state index contributed by atoms with van der Waals surface area (Å²) >= 11 is 0. The highest BCUT2D eigenvalue weighted by molar-refractivity contribution is 5.49. The second kappa shape index (κ2) is 9.24. The maximum atomic E-state index is 9.97. The lowest BCUT2D eigenvalue weighted by Crippen LogP contribution is -1.73. The van der Waals surface area contributed by atoms with Crippen LogP contribution >= 0.6 is 0 Å². The zero-order chi connectivity index (χ0) is 9.94. The van der Waals surface area contributed by atoms with Gasteiger partial charge in [0.2, 0.25) is 0 Å². The Hall–Kier alpha value is -0.850. The molecule has 0 aromatic rings. The molecule has 0 amide bonds. The fourth-order valence-corrected chi connectivity index (χ4v) is 1.03. The summed E-state index contributed by atoms with van der Waals surface area (Å²) in [6, 6.07) is 0. The van der Waals surface area contributed by atoms with Crippen molar-refractivity contribution >= 4 is 6.29 Å². The molecule has 0 unspecified atom stereocenters. The van der Waals surface area contributed by atoms with Crippen molar-refractivity contribution in [2.24, 2.45) is 0 Å². The van der Waals surface area contributed by atoms with E-state index in [1.807, 2.05) is 0 Å². The molecule has 0 heterocycles. The highest BCUT2D eigenvalue weighted by Gasteiger charge is 1.82. The van der Waals surface area contributed by atoms with Crippen molar-refractivity contribution in [2.45, 2.75) is 46.0 Å². The molecule has 0 aliphatic rings. The Morgan fingerprint density at radius 1 is 1.00 bits per heavy atom. The largest absolute Gasteiger partial charge is 0.303 e. The van der Waals surface area contributed by atoms with Crippen LogP contribution in [-0.2, 0) is 4.79 Å². The van der Waals surface area contributed by atoms with Gasteiger partial charge < -0.3 is 4.79 Å². The van der Waals surface area contributed by atoms with Gasteiger partial charge in [-0.1, -0.05) is 23.8 Å².